The van der Waals surface area contributed by atoms with Gasteiger partial charge in [0.15, 0.2) is 0 Å². The van der Waals surface area contributed by atoms with Gasteiger partial charge in [-0.2, -0.15) is 0 Å². The van der Waals surface area contributed by atoms with Crippen molar-refractivity contribution in [2.75, 3.05) is 0 Å². The van der Waals surface area contributed by atoms with Crippen LogP contribution in [-0.4, -0.2) is 16.0 Å². The molecular weight excluding hydrogens is 262 g/mol. The summed E-state index contributed by atoms with van der Waals surface area (Å²) >= 11 is 5.93. The van der Waals surface area contributed by atoms with E-state index in [9.17, 15) is 0 Å². The molecule has 0 amide bonds. The molecule has 0 spiro atoms. The van der Waals surface area contributed by atoms with Crippen LogP contribution in [0.15, 0.2) is 30.6 Å². The third-order valence-electron chi connectivity index (χ3n) is 2.59. The Balaban J connectivity index is 2.13. The molecule has 1 heterocycles. The largest absolute Gasteiger partial charge is 0.424 e. The third-order valence-corrected chi connectivity index (χ3v) is 2.83. The Labute approximate surface area is 117 Å². The van der Waals surface area contributed by atoms with Crippen LogP contribution in [-0.2, 0) is 6.42 Å². The summed E-state index contributed by atoms with van der Waals surface area (Å²) < 4.78 is 5.61. The minimum atomic E-state index is 0.0885. The van der Waals surface area contributed by atoms with Crippen LogP contribution in [0.5, 0.6) is 11.8 Å². The van der Waals surface area contributed by atoms with Crippen molar-refractivity contribution < 1.29 is 4.74 Å². The van der Waals surface area contributed by atoms with E-state index in [1.807, 2.05) is 26.0 Å². The van der Waals surface area contributed by atoms with Crippen molar-refractivity contribution in [3.8, 4) is 11.8 Å². The number of benzene rings is 1. The number of rotatable bonds is 4. The SMILES string of the molecule is Cc1ccc(Cl)cc1Oc1ncc(CC(C)N)cn1. The Morgan fingerprint density at radius 2 is 2.00 bits per heavy atom. The lowest BCUT2D eigenvalue weighted by Gasteiger charge is -2.08. The molecule has 1 aromatic heterocycles. The van der Waals surface area contributed by atoms with Gasteiger partial charge in [0, 0.05) is 23.5 Å². The van der Waals surface area contributed by atoms with Crippen LogP contribution in [0.4, 0.5) is 0 Å². The molecule has 4 nitrogen and oxygen atoms in total. The van der Waals surface area contributed by atoms with Gasteiger partial charge in [0.25, 0.3) is 0 Å². The molecule has 100 valence electrons. The first-order valence-corrected chi connectivity index (χ1v) is 6.43. The molecule has 0 aliphatic heterocycles. The molecule has 0 bridgehead atoms. The van der Waals surface area contributed by atoms with Crippen LogP contribution in [0.1, 0.15) is 18.1 Å². The highest BCUT2D eigenvalue weighted by Crippen LogP contribution is 2.25. The van der Waals surface area contributed by atoms with Crippen molar-refractivity contribution in [3.63, 3.8) is 0 Å². The summed E-state index contributed by atoms with van der Waals surface area (Å²) in [6.07, 6.45) is 4.20. The average Bonchev–Trinajstić information content (AvgIpc) is 2.35. The summed E-state index contributed by atoms with van der Waals surface area (Å²) in [4.78, 5) is 8.33. The minimum Gasteiger partial charge on any atom is -0.424 e. The normalized spacial score (nSPS) is 12.2. The first kappa shape index (κ1) is 13.8. The smallest absolute Gasteiger partial charge is 0.321 e. The van der Waals surface area contributed by atoms with Gasteiger partial charge in [0.05, 0.1) is 0 Å². The van der Waals surface area contributed by atoms with Crippen molar-refractivity contribution >= 4 is 11.6 Å². The Hall–Kier alpha value is -1.65. The molecule has 1 atom stereocenters. The van der Waals surface area contributed by atoms with Crippen molar-refractivity contribution in [1.82, 2.24) is 9.97 Å². The van der Waals surface area contributed by atoms with E-state index in [0.717, 1.165) is 17.5 Å². The molecule has 2 aromatic rings. The molecule has 0 saturated carbocycles. The standard InChI is InChI=1S/C14H16ClN3O/c1-9-3-4-12(15)6-13(9)19-14-17-7-11(8-18-14)5-10(2)16/h3-4,6-8,10H,5,16H2,1-2H3. The Morgan fingerprint density at radius 1 is 1.32 bits per heavy atom. The van der Waals surface area contributed by atoms with Gasteiger partial charge in [-0.25, -0.2) is 9.97 Å². The van der Waals surface area contributed by atoms with Crippen molar-refractivity contribution in [1.29, 1.82) is 0 Å². The van der Waals surface area contributed by atoms with Crippen LogP contribution >= 0.6 is 11.6 Å². The summed E-state index contributed by atoms with van der Waals surface area (Å²) in [5, 5.41) is 0.620. The molecule has 19 heavy (non-hydrogen) atoms. The zero-order valence-corrected chi connectivity index (χ0v) is 11.7. The first-order chi connectivity index (χ1) is 9.04. The van der Waals surface area contributed by atoms with E-state index in [2.05, 4.69) is 9.97 Å². The van der Waals surface area contributed by atoms with Gasteiger partial charge in [0.2, 0.25) is 0 Å². The minimum absolute atomic E-state index is 0.0885. The van der Waals surface area contributed by atoms with Crippen LogP contribution in [0.2, 0.25) is 5.02 Å². The number of hydrogen-bond acceptors (Lipinski definition) is 4. The quantitative estimate of drug-likeness (QED) is 0.933. The molecule has 0 saturated heterocycles. The first-order valence-electron chi connectivity index (χ1n) is 6.05. The van der Waals surface area contributed by atoms with Crippen LogP contribution in [0.3, 0.4) is 0 Å². The van der Waals surface area contributed by atoms with Gasteiger partial charge in [-0.1, -0.05) is 17.7 Å². The lowest BCUT2D eigenvalue weighted by atomic mass is 10.1. The van der Waals surface area contributed by atoms with Gasteiger partial charge in [-0.15, -0.1) is 0 Å². The number of aromatic nitrogens is 2. The molecule has 0 fully saturated rings. The molecule has 0 aliphatic carbocycles. The monoisotopic (exact) mass is 277 g/mol. The number of halogens is 1. The molecule has 0 aliphatic rings. The fourth-order valence-corrected chi connectivity index (χ4v) is 1.82. The van der Waals surface area contributed by atoms with Crippen molar-refractivity contribution in [2.24, 2.45) is 5.73 Å². The maximum absolute atomic E-state index is 5.93. The number of hydrogen-bond donors (Lipinski definition) is 1. The summed E-state index contributed by atoms with van der Waals surface area (Å²) in [5.41, 5.74) is 7.69. The molecule has 0 radical (unpaired) electrons. The number of nitrogens with zero attached hydrogens (tertiary/aromatic N) is 2. The summed E-state index contributed by atoms with van der Waals surface area (Å²) in [7, 11) is 0. The predicted octanol–water partition coefficient (Wildman–Crippen LogP) is 3.12. The molecule has 2 rings (SSSR count). The molecular formula is C14H16ClN3O. The van der Waals surface area contributed by atoms with E-state index >= 15 is 0 Å². The van der Waals surface area contributed by atoms with Crippen LogP contribution < -0.4 is 10.5 Å². The molecule has 5 heteroatoms. The molecule has 2 N–H and O–H groups in total. The van der Waals surface area contributed by atoms with Gasteiger partial charge >= 0.3 is 6.01 Å². The molecule has 1 aromatic carbocycles. The van der Waals surface area contributed by atoms with Gasteiger partial charge in [-0.05, 0) is 43.5 Å². The van der Waals surface area contributed by atoms with E-state index in [1.165, 1.54) is 0 Å². The maximum atomic E-state index is 5.93. The maximum Gasteiger partial charge on any atom is 0.321 e. The van der Waals surface area contributed by atoms with Crippen LogP contribution in [0.25, 0.3) is 0 Å². The van der Waals surface area contributed by atoms with E-state index < -0.39 is 0 Å². The number of nitrogens with two attached hydrogens (primary N) is 1. The second-order valence-electron chi connectivity index (χ2n) is 4.57. The Morgan fingerprint density at radius 3 is 2.63 bits per heavy atom. The fraction of sp³-hybridized carbons (Fsp3) is 0.286. The lowest BCUT2D eigenvalue weighted by Crippen LogP contribution is -2.17. The summed E-state index contributed by atoms with van der Waals surface area (Å²) in [5.74, 6) is 0.660. The van der Waals surface area contributed by atoms with Gasteiger partial charge in [-0.3, -0.25) is 0 Å². The predicted molar refractivity (Wildman–Crippen MR) is 75.6 cm³/mol. The second-order valence-corrected chi connectivity index (χ2v) is 5.00. The van der Waals surface area contributed by atoms with Gasteiger partial charge < -0.3 is 10.5 Å². The second kappa shape index (κ2) is 5.99. The van der Waals surface area contributed by atoms with E-state index in [1.54, 1.807) is 18.5 Å². The zero-order chi connectivity index (χ0) is 13.8. The zero-order valence-electron chi connectivity index (χ0n) is 10.9. The van der Waals surface area contributed by atoms with Crippen molar-refractivity contribution in [3.05, 3.63) is 46.7 Å². The number of aryl methyl sites for hydroxylation is 1. The Bertz CT molecular complexity index is 555. The van der Waals surface area contributed by atoms with E-state index in [-0.39, 0.29) is 6.04 Å². The summed E-state index contributed by atoms with van der Waals surface area (Å²) in [6.45, 7) is 3.88. The number of ether oxygens (including phenoxy) is 1. The topological polar surface area (TPSA) is 61.0 Å². The highest BCUT2D eigenvalue weighted by atomic mass is 35.5. The summed E-state index contributed by atoms with van der Waals surface area (Å²) in [6, 6.07) is 5.85. The van der Waals surface area contributed by atoms with Gasteiger partial charge in [0.1, 0.15) is 5.75 Å². The average molecular weight is 278 g/mol. The van der Waals surface area contributed by atoms with Crippen LogP contribution in [0, 0.1) is 6.92 Å². The molecule has 1 unspecified atom stereocenters. The fourth-order valence-electron chi connectivity index (χ4n) is 1.66. The highest BCUT2D eigenvalue weighted by Gasteiger charge is 2.05. The third kappa shape index (κ3) is 3.91. The van der Waals surface area contributed by atoms with E-state index in [0.29, 0.717) is 16.8 Å². The highest BCUT2D eigenvalue weighted by molar-refractivity contribution is 6.30. The Kier molecular flexibility index (Phi) is 4.35. The lowest BCUT2D eigenvalue weighted by molar-refractivity contribution is 0.437. The van der Waals surface area contributed by atoms with E-state index in [4.69, 9.17) is 22.1 Å². The van der Waals surface area contributed by atoms with Crippen molar-refractivity contribution in [2.45, 2.75) is 26.3 Å².